The molecular formula is C15H22N2O3. The van der Waals surface area contributed by atoms with E-state index in [9.17, 15) is 4.79 Å². The molecule has 1 aromatic carbocycles. The van der Waals surface area contributed by atoms with Gasteiger partial charge in [-0.1, -0.05) is 0 Å². The zero-order valence-electron chi connectivity index (χ0n) is 11.9. The number of nitrogen functional groups attached to an aromatic ring is 1. The molecule has 3 N–H and O–H groups in total. The molecule has 0 spiro atoms. The molecule has 1 aliphatic heterocycles. The Morgan fingerprint density at radius 2 is 2.20 bits per heavy atom. The second kappa shape index (κ2) is 7.14. The summed E-state index contributed by atoms with van der Waals surface area (Å²) in [6, 6.07) is 5.38. The van der Waals surface area contributed by atoms with Crippen LogP contribution in [0.3, 0.4) is 0 Å². The Kier molecular flexibility index (Phi) is 5.24. The molecule has 0 aliphatic carbocycles. The number of carbonyl (C=O) groups excluding carboxylic acids is 1. The Morgan fingerprint density at radius 1 is 1.45 bits per heavy atom. The van der Waals surface area contributed by atoms with Crippen LogP contribution in [0.2, 0.25) is 0 Å². The van der Waals surface area contributed by atoms with Gasteiger partial charge in [0.1, 0.15) is 0 Å². The molecule has 1 saturated heterocycles. The Balaban J connectivity index is 1.97. The first-order valence-corrected chi connectivity index (χ1v) is 7.09. The molecule has 1 fully saturated rings. The molecule has 20 heavy (non-hydrogen) atoms. The maximum atomic E-state index is 11.8. The standard InChI is InChI=1S/C15H22N2O3/c1-2-20-15(18)13-9-12(3-4-14(13)16)17-10-11-5-7-19-8-6-11/h3-4,9,11,17H,2,5-8,10,16H2,1H3. The van der Waals surface area contributed by atoms with Gasteiger partial charge in [0.05, 0.1) is 12.2 Å². The molecule has 0 bridgehead atoms. The first-order valence-electron chi connectivity index (χ1n) is 7.09. The minimum absolute atomic E-state index is 0.345. The number of benzene rings is 1. The SMILES string of the molecule is CCOC(=O)c1cc(NCC2CCOCC2)ccc1N. The fourth-order valence-electron chi connectivity index (χ4n) is 2.26. The lowest BCUT2D eigenvalue weighted by molar-refractivity contribution is 0.0527. The third-order valence-corrected chi connectivity index (χ3v) is 3.48. The summed E-state index contributed by atoms with van der Waals surface area (Å²) in [4.78, 5) is 11.8. The van der Waals surface area contributed by atoms with Gasteiger partial charge < -0.3 is 20.5 Å². The first-order chi connectivity index (χ1) is 9.70. The number of nitrogens with one attached hydrogen (secondary N) is 1. The summed E-state index contributed by atoms with van der Waals surface area (Å²) >= 11 is 0. The molecular weight excluding hydrogens is 256 g/mol. The van der Waals surface area contributed by atoms with Crippen LogP contribution in [-0.2, 0) is 9.47 Å². The molecule has 0 amide bonds. The number of carbonyl (C=O) groups is 1. The van der Waals surface area contributed by atoms with E-state index < -0.39 is 0 Å². The Morgan fingerprint density at radius 3 is 2.90 bits per heavy atom. The van der Waals surface area contributed by atoms with Gasteiger partial charge >= 0.3 is 5.97 Å². The van der Waals surface area contributed by atoms with Crippen molar-refractivity contribution >= 4 is 17.3 Å². The summed E-state index contributed by atoms with van der Waals surface area (Å²) in [5.41, 5.74) is 7.58. The molecule has 2 rings (SSSR count). The molecule has 1 aliphatic rings. The fourth-order valence-corrected chi connectivity index (χ4v) is 2.26. The monoisotopic (exact) mass is 278 g/mol. The minimum Gasteiger partial charge on any atom is -0.462 e. The Labute approximate surface area is 119 Å². The van der Waals surface area contributed by atoms with Gasteiger partial charge in [0, 0.05) is 31.1 Å². The third-order valence-electron chi connectivity index (χ3n) is 3.48. The topological polar surface area (TPSA) is 73.6 Å². The first kappa shape index (κ1) is 14.7. The number of anilines is 2. The number of hydrogen-bond donors (Lipinski definition) is 2. The van der Waals surface area contributed by atoms with Crippen LogP contribution in [0.5, 0.6) is 0 Å². The van der Waals surface area contributed by atoms with Gasteiger partial charge in [0.15, 0.2) is 0 Å². The van der Waals surface area contributed by atoms with Gasteiger partial charge in [-0.05, 0) is 43.9 Å². The quantitative estimate of drug-likeness (QED) is 0.638. The van der Waals surface area contributed by atoms with E-state index in [2.05, 4.69) is 5.32 Å². The van der Waals surface area contributed by atoms with Gasteiger partial charge in [0.2, 0.25) is 0 Å². The van der Waals surface area contributed by atoms with E-state index >= 15 is 0 Å². The van der Waals surface area contributed by atoms with E-state index in [1.54, 1.807) is 19.1 Å². The van der Waals surface area contributed by atoms with Crippen molar-refractivity contribution in [3.8, 4) is 0 Å². The molecule has 1 heterocycles. The molecule has 110 valence electrons. The summed E-state index contributed by atoms with van der Waals surface area (Å²) in [5.74, 6) is 0.243. The van der Waals surface area contributed by atoms with E-state index in [1.807, 2.05) is 6.07 Å². The van der Waals surface area contributed by atoms with Crippen LogP contribution < -0.4 is 11.1 Å². The Hall–Kier alpha value is -1.75. The summed E-state index contributed by atoms with van der Waals surface area (Å²) in [5, 5.41) is 3.36. The molecule has 0 saturated carbocycles. The van der Waals surface area contributed by atoms with Crippen molar-refractivity contribution < 1.29 is 14.3 Å². The lowest BCUT2D eigenvalue weighted by atomic mass is 10.0. The average molecular weight is 278 g/mol. The van der Waals surface area contributed by atoms with Crippen molar-refractivity contribution in [2.24, 2.45) is 5.92 Å². The van der Waals surface area contributed by atoms with Crippen LogP contribution in [0.4, 0.5) is 11.4 Å². The van der Waals surface area contributed by atoms with Crippen LogP contribution >= 0.6 is 0 Å². The van der Waals surface area contributed by atoms with Gasteiger partial charge in [-0.15, -0.1) is 0 Å². The van der Waals surface area contributed by atoms with Gasteiger partial charge in [-0.25, -0.2) is 4.79 Å². The van der Waals surface area contributed by atoms with E-state index in [-0.39, 0.29) is 5.97 Å². The number of esters is 1. The second-order valence-corrected chi connectivity index (χ2v) is 4.96. The van der Waals surface area contributed by atoms with E-state index in [1.165, 1.54) is 0 Å². The molecule has 5 nitrogen and oxygen atoms in total. The zero-order chi connectivity index (χ0) is 14.4. The molecule has 0 unspecified atom stereocenters. The number of hydrogen-bond acceptors (Lipinski definition) is 5. The second-order valence-electron chi connectivity index (χ2n) is 4.96. The van der Waals surface area contributed by atoms with Crippen molar-refractivity contribution in [2.75, 3.05) is 37.4 Å². The highest BCUT2D eigenvalue weighted by atomic mass is 16.5. The molecule has 0 aromatic heterocycles. The summed E-state index contributed by atoms with van der Waals surface area (Å²) in [6.45, 7) is 4.68. The normalized spacial score (nSPS) is 15.8. The fraction of sp³-hybridized carbons (Fsp3) is 0.533. The van der Waals surface area contributed by atoms with Crippen molar-refractivity contribution in [3.63, 3.8) is 0 Å². The summed E-state index contributed by atoms with van der Waals surface area (Å²) in [7, 11) is 0. The van der Waals surface area contributed by atoms with Crippen LogP contribution in [0.1, 0.15) is 30.1 Å². The summed E-state index contributed by atoms with van der Waals surface area (Å²) < 4.78 is 10.3. The van der Waals surface area contributed by atoms with E-state index in [0.717, 1.165) is 38.3 Å². The number of ether oxygens (including phenoxy) is 2. The molecule has 5 heteroatoms. The maximum absolute atomic E-state index is 11.8. The maximum Gasteiger partial charge on any atom is 0.340 e. The van der Waals surface area contributed by atoms with Gasteiger partial charge in [-0.3, -0.25) is 0 Å². The molecule has 0 atom stereocenters. The number of nitrogens with two attached hydrogens (primary N) is 1. The minimum atomic E-state index is -0.375. The molecule has 1 aromatic rings. The largest absolute Gasteiger partial charge is 0.462 e. The zero-order valence-corrected chi connectivity index (χ0v) is 11.9. The van der Waals surface area contributed by atoms with E-state index in [4.69, 9.17) is 15.2 Å². The van der Waals surface area contributed by atoms with E-state index in [0.29, 0.717) is 23.8 Å². The van der Waals surface area contributed by atoms with Crippen molar-refractivity contribution in [3.05, 3.63) is 23.8 Å². The van der Waals surface area contributed by atoms with Crippen LogP contribution in [0.25, 0.3) is 0 Å². The highest BCUT2D eigenvalue weighted by molar-refractivity contribution is 5.96. The van der Waals surface area contributed by atoms with Crippen LogP contribution in [-0.4, -0.2) is 32.3 Å². The summed E-state index contributed by atoms with van der Waals surface area (Å²) in [6.07, 6.45) is 2.15. The molecule has 0 radical (unpaired) electrons. The van der Waals surface area contributed by atoms with Crippen molar-refractivity contribution in [1.29, 1.82) is 0 Å². The van der Waals surface area contributed by atoms with Crippen LogP contribution in [0, 0.1) is 5.92 Å². The highest BCUT2D eigenvalue weighted by Gasteiger charge is 2.15. The predicted molar refractivity (Wildman–Crippen MR) is 78.8 cm³/mol. The highest BCUT2D eigenvalue weighted by Crippen LogP contribution is 2.21. The average Bonchev–Trinajstić information content (AvgIpc) is 2.47. The van der Waals surface area contributed by atoms with Gasteiger partial charge in [-0.2, -0.15) is 0 Å². The van der Waals surface area contributed by atoms with Crippen LogP contribution in [0.15, 0.2) is 18.2 Å². The smallest absolute Gasteiger partial charge is 0.340 e. The lowest BCUT2D eigenvalue weighted by Gasteiger charge is -2.22. The predicted octanol–water partition coefficient (Wildman–Crippen LogP) is 2.28. The van der Waals surface area contributed by atoms with Crippen molar-refractivity contribution in [1.82, 2.24) is 0 Å². The lowest BCUT2D eigenvalue weighted by Crippen LogP contribution is -2.22. The van der Waals surface area contributed by atoms with Crippen molar-refractivity contribution in [2.45, 2.75) is 19.8 Å². The Bertz CT molecular complexity index is 456. The van der Waals surface area contributed by atoms with Gasteiger partial charge in [0.25, 0.3) is 0 Å². The third kappa shape index (κ3) is 3.87. The number of rotatable bonds is 5.